The normalized spacial score (nSPS) is 11.7. The lowest BCUT2D eigenvalue weighted by Crippen LogP contribution is -2.29. The largest absolute Gasteiger partial charge is 0.497 e. The number of esters is 1. The summed E-state index contributed by atoms with van der Waals surface area (Å²) in [5, 5.41) is 2.73. The second kappa shape index (κ2) is 10.2. The summed E-state index contributed by atoms with van der Waals surface area (Å²) < 4.78 is 15.5. The molecule has 2 aromatic rings. The van der Waals surface area contributed by atoms with Crippen LogP contribution in [0.25, 0.3) is 6.08 Å². The van der Waals surface area contributed by atoms with Crippen molar-refractivity contribution in [3.63, 3.8) is 0 Å². The minimum absolute atomic E-state index is 0.394. The molecule has 0 aliphatic rings. The number of nitrogens with one attached hydrogen (secondary N) is 1. The molecular formula is C22H25NO5. The van der Waals surface area contributed by atoms with E-state index in [0.29, 0.717) is 22.7 Å². The number of anilines is 1. The highest BCUT2D eigenvalue weighted by atomic mass is 16.5. The molecule has 6 heteroatoms. The zero-order valence-corrected chi connectivity index (χ0v) is 16.5. The fourth-order valence-corrected chi connectivity index (χ4v) is 2.42. The highest BCUT2D eigenvalue weighted by molar-refractivity contribution is 5.96. The first-order chi connectivity index (χ1) is 13.4. The monoisotopic (exact) mass is 383 g/mol. The highest BCUT2D eigenvalue weighted by Gasteiger charge is 2.16. The maximum Gasteiger partial charge on any atom is 0.331 e. The van der Waals surface area contributed by atoms with E-state index >= 15 is 0 Å². The number of amides is 1. The minimum Gasteiger partial charge on any atom is -0.497 e. The zero-order valence-electron chi connectivity index (χ0n) is 16.5. The summed E-state index contributed by atoms with van der Waals surface area (Å²) >= 11 is 0. The van der Waals surface area contributed by atoms with Crippen LogP contribution in [0.15, 0.2) is 48.5 Å². The lowest BCUT2D eigenvalue weighted by molar-refractivity contribution is -0.148. The van der Waals surface area contributed by atoms with Gasteiger partial charge in [0.25, 0.3) is 5.91 Å². The first-order valence-electron chi connectivity index (χ1n) is 8.96. The van der Waals surface area contributed by atoms with Gasteiger partial charge in [-0.05, 0) is 54.8 Å². The van der Waals surface area contributed by atoms with Gasteiger partial charge < -0.3 is 19.5 Å². The van der Waals surface area contributed by atoms with Crippen LogP contribution < -0.4 is 14.8 Å². The topological polar surface area (TPSA) is 73.9 Å². The smallest absolute Gasteiger partial charge is 0.331 e. The van der Waals surface area contributed by atoms with Crippen molar-refractivity contribution in [3.05, 3.63) is 59.7 Å². The number of ether oxygens (including phenoxy) is 3. The summed E-state index contributed by atoms with van der Waals surface area (Å²) in [6, 6.07) is 12.8. The van der Waals surface area contributed by atoms with Crippen LogP contribution in [0.1, 0.15) is 25.0 Å². The summed E-state index contributed by atoms with van der Waals surface area (Å²) in [5.41, 5.74) is 2.54. The number of methoxy groups -OCH3 is 2. The molecule has 0 saturated carbocycles. The van der Waals surface area contributed by atoms with Gasteiger partial charge in [-0.15, -0.1) is 0 Å². The predicted molar refractivity (Wildman–Crippen MR) is 109 cm³/mol. The van der Waals surface area contributed by atoms with Crippen molar-refractivity contribution in [1.82, 2.24) is 0 Å². The Morgan fingerprint density at radius 3 is 2.18 bits per heavy atom. The van der Waals surface area contributed by atoms with E-state index in [2.05, 4.69) is 12.2 Å². The molecule has 6 nitrogen and oxygen atoms in total. The summed E-state index contributed by atoms with van der Waals surface area (Å²) in [6.45, 7) is 3.58. The van der Waals surface area contributed by atoms with E-state index in [0.717, 1.165) is 6.42 Å². The molecule has 1 atom stereocenters. The van der Waals surface area contributed by atoms with E-state index in [1.54, 1.807) is 38.5 Å². The molecule has 2 rings (SSSR count). The summed E-state index contributed by atoms with van der Waals surface area (Å²) in [4.78, 5) is 24.2. The van der Waals surface area contributed by atoms with Gasteiger partial charge in [-0.2, -0.15) is 0 Å². The van der Waals surface area contributed by atoms with Gasteiger partial charge in [-0.3, -0.25) is 4.79 Å². The summed E-state index contributed by atoms with van der Waals surface area (Å²) in [7, 11) is 3.10. The average Bonchev–Trinajstić information content (AvgIpc) is 2.72. The quantitative estimate of drug-likeness (QED) is 0.554. The van der Waals surface area contributed by atoms with E-state index in [1.807, 2.05) is 24.3 Å². The molecule has 148 valence electrons. The number of rotatable bonds is 8. The number of aryl methyl sites for hydroxylation is 1. The van der Waals surface area contributed by atoms with Crippen LogP contribution in [0.2, 0.25) is 0 Å². The number of carbonyl (C=O) groups is 2. The second-order valence-corrected chi connectivity index (χ2v) is 6.10. The van der Waals surface area contributed by atoms with Crippen molar-refractivity contribution in [2.75, 3.05) is 19.5 Å². The summed E-state index contributed by atoms with van der Waals surface area (Å²) in [6.07, 6.45) is 2.83. The molecule has 0 heterocycles. The number of hydrogen-bond acceptors (Lipinski definition) is 5. The third-order valence-corrected chi connectivity index (χ3v) is 4.08. The number of benzene rings is 2. The van der Waals surface area contributed by atoms with Crippen LogP contribution in [-0.4, -0.2) is 32.2 Å². The van der Waals surface area contributed by atoms with Crippen molar-refractivity contribution in [2.24, 2.45) is 0 Å². The van der Waals surface area contributed by atoms with Crippen molar-refractivity contribution < 1.29 is 23.8 Å². The molecule has 0 unspecified atom stereocenters. The molecule has 0 spiro atoms. The van der Waals surface area contributed by atoms with Gasteiger partial charge >= 0.3 is 5.97 Å². The Balaban J connectivity index is 1.93. The lowest BCUT2D eigenvalue weighted by Gasteiger charge is -2.12. The molecule has 0 saturated heterocycles. The second-order valence-electron chi connectivity index (χ2n) is 6.10. The Hall–Kier alpha value is -3.28. The predicted octanol–water partition coefficient (Wildman–Crippen LogP) is 3.85. The van der Waals surface area contributed by atoms with Crippen molar-refractivity contribution >= 4 is 23.6 Å². The molecule has 0 bridgehead atoms. The number of hydrogen-bond donors (Lipinski definition) is 1. The fourth-order valence-electron chi connectivity index (χ4n) is 2.42. The van der Waals surface area contributed by atoms with Gasteiger partial charge in [0.15, 0.2) is 6.10 Å². The molecule has 0 aliphatic heterocycles. The zero-order chi connectivity index (χ0) is 20.5. The molecule has 0 aromatic heterocycles. The van der Waals surface area contributed by atoms with Crippen LogP contribution in [0.5, 0.6) is 11.5 Å². The molecule has 0 aliphatic carbocycles. The van der Waals surface area contributed by atoms with Gasteiger partial charge in [0.2, 0.25) is 0 Å². The van der Waals surface area contributed by atoms with E-state index in [9.17, 15) is 9.59 Å². The average molecular weight is 383 g/mol. The van der Waals surface area contributed by atoms with Gasteiger partial charge in [0.05, 0.1) is 14.2 Å². The van der Waals surface area contributed by atoms with Crippen molar-refractivity contribution in [1.29, 1.82) is 0 Å². The maximum atomic E-state index is 12.2. The maximum absolute atomic E-state index is 12.2. The first kappa shape index (κ1) is 21.0. The van der Waals surface area contributed by atoms with E-state index in [-0.39, 0.29) is 0 Å². The first-order valence-corrected chi connectivity index (χ1v) is 8.96. The third-order valence-electron chi connectivity index (χ3n) is 4.08. The molecule has 1 amide bonds. The highest BCUT2D eigenvalue weighted by Crippen LogP contribution is 2.23. The fraction of sp³-hybridized carbons (Fsp3) is 0.273. The van der Waals surface area contributed by atoms with Crippen molar-refractivity contribution in [3.8, 4) is 11.5 Å². The molecule has 0 radical (unpaired) electrons. The van der Waals surface area contributed by atoms with Crippen LogP contribution >= 0.6 is 0 Å². The Morgan fingerprint density at radius 2 is 1.64 bits per heavy atom. The standard InChI is InChI=1S/C22H25NO5/c1-5-16-6-9-18(10-7-16)23-22(25)15(2)28-21(24)11-8-17-12-19(26-3)14-20(13-17)27-4/h6-15H,5H2,1-4H3,(H,23,25)/b11-8+/t15-/m0/s1. The van der Waals surface area contributed by atoms with Gasteiger partial charge in [-0.1, -0.05) is 19.1 Å². The Kier molecular flexibility index (Phi) is 7.63. The Labute approximate surface area is 165 Å². The van der Waals surface area contributed by atoms with Gasteiger partial charge in [-0.25, -0.2) is 4.79 Å². The Bertz CT molecular complexity index is 820. The third kappa shape index (κ3) is 6.16. The molecular weight excluding hydrogens is 358 g/mol. The van der Waals surface area contributed by atoms with Crippen LogP contribution in [0, 0.1) is 0 Å². The Morgan fingerprint density at radius 1 is 1.04 bits per heavy atom. The molecule has 28 heavy (non-hydrogen) atoms. The lowest BCUT2D eigenvalue weighted by atomic mass is 10.1. The summed E-state index contributed by atoms with van der Waals surface area (Å²) in [5.74, 6) is 0.197. The number of carbonyl (C=O) groups excluding carboxylic acids is 2. The SMILES string of the molecule is CCc1ccc(NC(=O)[C@H](C)OC(=O)/C=C/c2cc(OC)cc(OC)c2)cc1. The molecule has 2 aromatic carbocycles. The minimum atomic E-state index is -0.928. The molecule has 0 fully saturated rings. The van der Waals surface area contributed by atoms with Crippen molar-refractivity contribution in [2.45, 2.75) is 26.4 Å². The molecule has 1 N–H and O–H groups in total. The van der Waals surface area contributed by atoms with E-state index < -0.39 is 18.0 Å². The van der Waals surface area contributed by atoms with E-state index in [4.69, 9.17) is 14.2 Å². The van der Waals surface area contributed by atoms with Gasteiger partial charge in [0, 0.05) is 17.8 Å². The van der Waals surface area contributed by atoms with Crippen LogP contribution in [0.3, 0.4) is 0 Å². The van der Waals surface area contributed by atoms with Crippen LogP contribution in [0.4, 0.5) is 5.69 Å². The van der Waals surface area contributed by atoms with Gasteiger partial charge in [0.1, 0.15) is 11.5 Å². The van der Waals surface area contributed by atoms with E-state index in [1.165, 1.54) is 18.6 Å². The van der Waals surface area contributed by atoms with Crippen LogP contribution in [-0.2, 0) is 20.7 Å².